The van der Waals surface area contributed by atoms with Gasteiger partial charge in [0, 0.05) is 39.8 Å². The van der Waals surface area contributed by atoms with Crippen LogP contribution >= 0.6 is 11.6 Å². The van der Waals surface area contributed by atoms with Crippen LogP contribution in [0.2, 0.25) is 5.02 Å². The number of fused-ring (bicyclic) bond motifs is 1. The Hall–Kier alpha value is -2.33. The molecule has 0 bridgehead atoms. The fourth-order valence-corrected chi connectivity index (χ4v) is 2.68. The number of methoxy groups -OCH3 is 1. The molecule has 1 heterocycles. The molecule has 0 saturated heterocycles. The summed E-state index contributed by atoms with van der Waals surface area (Å²) in [4.78, 5) is 8.91. The highest BCUT2D eigenvalue weighted by Gasteiger charge is 2.12. The number of hydrogen-bond donors (Lipinski definition) is 1. The van der Waals surface area contributed by atoms with E-state index in [1.165, 1.54) is 0 Å². The first kappa shape index (κ1) is 15.6. The van der Waals surface area contributed by atoms with E-state index in [-0.39, 0.29) is 6.04 Å². The first-order valence-corrected chi connectivity index (χ1v) is 7.82. The molecule has 0 spiro atoms. The minimum Gasteiger partial charge on any atom is -0.496 e. The Morgan fingerprint density at radius 2 is 1.91 bits per heavy atom. The highest BCUT2D eigenvalue weighted by atomic mass is 35.5. The van der Waals surface area contributed by atoms with Crippen LogP contribution in [0.5, 0.6) is 5.75 Å². The second-order valence-corrected chi connectivity index (χ2v) is 5.99. The molecule has 23 heavy (non-hydrogen) atoms. The molecular formula is C18H18ClN3O. The summed E-state index contributed by atoms with van der Waals surface area (Å²) in [5.41, 5.74) is 2.69. The average molecular weight is 328 g/mol. The maximum atomic E-state index is 6.32. The number of rotatable bonds is 4. The number of halogens is 1. The minimum atomic E-state index is 0.275. The van der Waals surface area contributed by atoms with E-state index >= 15 is 0 Å². The molecule has 2 aromatic carbocycles. The van der Waals surface area contributed by atoms with Gasteiger partial charge in [-0.3, -0.25) is 0 Å². The van der Waals surface area contributed by atoms with Crippen LogP contribution < -0.4 is 10.1 Å². The van der Waals surface area contributed by atoms with Crippen LogP contribution in [0.3, 0.4) is 0 Å². The molecule has 0 amide bonds. The molecule has 0 unspecified atom stereocenters. The van der Waals surface area contributed by atoms with Crippen molar-refractivity contribution < 1.29 is 4.74 Å². The van der Waals surface area contributed by atoms with Gasteiger partial charge in [0.25, 0.3) is 0 Å². The smallest absolute Gasteiger partial charge is 0.223 e. The zero-order chi connectivity index (χ0) is 16.4. The quantitative estimate of drug-likeness (QED) is 0.749. The maximum Gasteiger partial charge on any atom is 0.223 e. The Morgan fingerprint density at radius 3 is 2.61 bits per heavy atom. The molecule has 0 radical (unpaired) electrons. The molecule has 5 heteroatoms. The summed E-state index contributed by atoms with van der Waals surface area (Å²) in [5.74, 6) is 1.35. The van der Waals surface area contributed by atoms with Crippen molar-refractivity contribution in [3.63, 3.8) is 0 Å². The van der Waals surface area contributed by atoms with Gasteiger partial charge in [0.05, 0.1) is 12.6 Å². The van der Waals surface area contributed by atoms with E-state index < -0.39 is 0 Å². The number of aromatic nitrogens is 2. The van der Waals surface area contributed by atoms with E-state index in [9.17, 15) is 0 Å². The molecule has 0 aliphatic heterocycles. The van der Waals surface area contributed by atoms with Gasteiger partial charge in [-0.05, 0) is 26.0 Å². The lowest BCUT2D eigenvalue weighted by atomic mass is 10.0. The minimum absolute atomic E-state index is 0.275. The van der Waals surface area contributed by atoms with Crippen molar-refractivity contribution in [1.29, 1.82) is 0 Å². The number of ether oxygens (including phenoxy) is 1. The lowest BCUT2D eigenvalue weighted by Crippen LogP contribution is -2.12. The molecule has 4 nitrogen and oxygen atoms in total. The van der Waals surface area contributed by atoms with Gasteiger partial charge in [0.2, 0.25) is 5.95 Å². The normalized spacial score (nSPS) is 11.0. The van der Waals surface area contributed by atoms with Crippen LogP contribution in [0.4, 0.5) is 5.95 Å². The summed E-state index contributed by atoms with van der Waals surface area (Å²) in [6.07, 6.45) is 1.81. The third-order valence-corrected chi connectivity index (χ3v) is 3.81. The summed E-state index contributed by atoms with van der Waals surface area (Å²) >= 11 is 6.32. The van der Waals surface area contributed by atoms with E-state index in [4.69, 9.17) is 16.3 Å². The van der Waals surface area contributed by atoms with E-state index in [0.717, 1.165) is 27.8 Å². The molecule has 0 atom stereocenters. The zero-order valence-electron chi connectivity index (χ0n) is 13.3. The maximum absolute atomic E-state index is 6.32. The summed E-state index contributed by atoms with van der Waals surface area (Å²) in [6, 6.07) is 11.9. The first-order valence-electron chi connectivity index (χ1n) is 7.44. The summed E-state index contributed by atoms with van der Waals surface area (Å²) in [6.45, 7) is 4.10. The van der Waals surface area contributed by atoms with Crippen molar-refractivity contribution in [3.8, 4) is 16.9 Å². The molecule has 0 aliphatic rings. The van der Waals surface area contributed by atoms with Crippen molar-refractivity contribution in [2.45, 2.75) is 19.9 Å². The standard InChI is InChI=1S/C18H18ClN3O/c1-11(2)21-18-20-10-12-8-14(13-6-4-5-7-15(13)19)17(23-3)9-16(12)22-18/h4-11H,1-3H3,(H,20,21,22). The Kier molecular flexibility index (Phi) is 4.35. The van der Waals surface area contributed by atoms with Crippen LogP contribution in [-0.4, -0.2) is 23.1 Å². The number of anilines is 1. The van der Waals surface area contributed by atoms with E-state index in [2.05, 4.69) is 29.1 Å². The summed E-state index contributed by atoms with van der Waals surface area (Å²) in [7, 11) is 1.65. The van der Waals surface area contributed by atoms with Crippen molar-refractivity contribution in [2.75, 3.05) is 12.4 Å². The summed E-state index contributed by atoms with van der Waals surface area (Å²) in [5, 5.41) is 4.83. The third kappa shape index (κ3) is 3.22. The van der Waals surface area contributed by atoms with E-state index in [0.29, 0.717) is 11.0 Å². The van der Waals surface area contributed by atoms with Crippen molar-refractivity contribution in [2.24, 2.45) is 0 Å². The fraction of sp³-hybridized carbons (Fsp3) is 0.222. The summed E-state index contributed by atoms with van der Waals surface area (Å²) < 4.78 is 5.54. The number of nitrogens with zero attached hydrogens (tertiary/aromatic N) is 2. The second-order valence-electron chi connectivity index (χ2n) is 5.58. The molecule has 0 fully saturated rings. The van der Waals surface area contributed by atoms with Crippen LogP contribution in [0.25, 0.3) is 22.0 Å². The van der Waals surface area contributed by atoms with Gasteiger partial charge in [-0.15, -0.1) is 0 Å². The van der Waals surface area contributed by atoms with Gasteiger partial charge in [0.15, 0.2) is 0 Å². The lowest BCUT2D eigenvalue weighted by Gasteiger charge is -2.13. The molecule has 3 rings (SSSR count). The molecule has 0 saturated carbocycles. The number of nitrogens with one attached hydrogen (secondary N) is 1. The third-order valence-electron chi connectivity index (χ3n) is 3.48. The predicted octanol–water partition coefficient (Wildman–Crippen LogP) is 4.78. The molecule has 1 aromatic heterocycles. The van der Waals surface area contributed by atoms with Crippen molar-refractivity contribution in [3.05, 3.63) is 47.6 Å². The van der Waals surface area contributed by atoms with Crippen LogP contribution in [0.15, 0.2) is 42.6 Å². The Balaban J connectivity index is 2.15. The SMILES string of the molecule is COc1cc2nc(NC(C)C)ncc2cc1-c1ccccc1Cl. The Morgan fingerprint density at radius 1 is 1.13 bits per heavy atom. The molecular weight excluding hydrogens is 310 g/mol. The monoisotopic (exact) mass is 327 g/mol. The molecule has 118 valence electrons. The first-order chi connectivity index (χ1) is 11.1. The van der Waals surface area contributed by atoms with E-state index in [1.807, 2.05) is 42.6 Å². The molecule has 3 aromatic rings. The van der Waals surface area contributed by atoms with Crippen molar-refractivity contribution in [1.82, 2.24) is 9.97 Å². The van der Waals surface area contributed by atoms with Gasteiger partial charge in [0.1, 0.15) is 5.75 Å². The lowest BCUT2D eigenvalue weighted by molar-refractivity contribution is 0.417. The largest absolute Gasteiger partial charge is 0.496 e. The molecule has 0 aliphatic carbocycles. The topological polar surface area (TPSA) is 47.0 Å². The van der Waals surface area contributed by atoms with E-state index in [1.54, 1.807) is 7.11 Å². The predicted molar refractivity (Wildman–Crippen MR) is 95.3 cm³/mol. The number of benzene rings is 2. The zero-order valence-corrected chi connectivity index (χ0v) is 14.1. The highest BCUT2D eigenvalue weighted by molar-refractivity contribution is 6.33. The number of hydrogen-bond acceptors (Lipinski definition) is 4. The van der Waals surface area contributed by atoms with Gasteiger partial charge in [-0.25, -0.2) is 9.97 Å². The van der Waals surface area contributed by atoms with Gasteiger partial charge in [-0.2, -0.15) is 0 Å². The van der Waals surface area contributed by atoms with Gasteiger partial charge >= 0.3 is 0 Å². The second kappa shape index (κ2) is 6.42. The van der Waals surface area contributed by atoms with Crippen LogP contribution in [-0.2, 0) is 0 Å². The van der Waals surface area contributed by atoms with Gasteiger partial charge < -0.3 is 10.1 Å². The van der Waals surface area contributed by atoms with Crippen molar-refractivity contribution >= 4 is 28.5 Å². The molecule has 1 N–H and O–H groups in total. The van der Waals surface area contributed by atoms with Crippen LogP contribution in [0, 0.1) is 0 Å². The fourth-order valence-electron chi connectivity index (χ4n) is 2.45. The Labute approximate surface area is 140 Å². The van der Waals surface area contributed by atoms with Gasteiger partial charge in [-0.1, -0.05) is 29.8 Å². The highest BCUT2D eigenvalue weighted by Crippen LogP contribution is 2.37. The average Bonchev–Trinajstić information content (AvgIpc) is 2.53. The Bertz CT molecular complexity index is 849. The van der Waals surface area contributed by atoms with Crippen LogP contribution in [0.1, 0.15) is 13.8 Å².